The number of rotatable bonds is 3. The maximum atomic E-state index is 11.6. The molecule has 0 bridgehead atoms. The lowest BCUT2D eigenvalue weighted by Gasteiger charge is -2.36. The van der Waals surface area contributed by atoms with E-state index in [1.54, 1.807) is 13.8 Å². The van der Waals surface area contributed by atoms with Crippen LogP contribution in [0.5, 0.6) is 0 Å². The lowest BCUT2D eigenvalue weighted by atomic mass is 9.77. The zero-order chi connectivity index (χ0) is 11.0. The standard InChI is InChI=1S/C10H19NO3/c1-4-5-7-8(13)11-9(2,6-12)10(7,3)14/h7,12,14H,4-6H2,1-3H3,(H,11,13)/t7-,9+,10-/m0/s1. The van der Waals surface area contributed by atoms with Crippen LogP contribution in [0.4, 0.5) is 0 Å². The molecule has 4 nitrogen and oxygen atoms in total. The summed E-state index contributed by atoms with van der Waals surface area (Å²) in [4.78, 5) is 11.6. The van der Waals surface area contributed by atoms with Gasteiger partial charge in [-0.2, -0.15) is 0 Å². The Kier molecular flexibility index (Phi) is 2.88. The van der Waals surface area contributed by atoms with Crippen molar-refractivity contribution in [3.05, 3.63) is 0 Å². The zero-order valence-corrected chi connectivity index (χ0v) is 9.00. The molecule has 1 rings (SSSR count). The smallest absolute Gasteiger partial charge is 0.226 e. The molecule has 1 aliphatic rings. The average molecular weight is 201 g/mol. The zero-order valence-electron chi connectivity index (χ0n) is 9.00. The predicted molar refractivity (Wildman–Crippen MR) is 52.7 cm³/mol. The van der Waals surface area contributed by atoms with Crippen molar-refractivity contribution < 1.29 is 15.0 Å². The highest BCUT2D eigenvalue weighted by molar-refractivity contribution is 5.84. The third-order valence-electron chi connectivity index (χ3n) is 3.40. The highest BCUT2D eigenvalue weighted by atomic mass is 16.3. The number of hydrogen-bond donors (Lipinski definition) is 3. The van der Waals surface area contributed by atoms with Crippen LogP contribution < -0.4 is 5.32 Å². The Hall–Kier alpha value is -0.610. The molecule has 3 atom stereocenters. The van der Waals surface area contributed by atoms with Crippen LogP contribution >= 0.6 is 0 Å². The van der Waals surface area contributed by atoms with Crippen LogP contribution in [0.15, 0.2) is 0 Å². The van der Waals surface area contributed by atoms with Crippen LogP contribution in [0.25, 0.3) is 0 Å². The van der Waals surface area contributed by atoms with Gasteiger partial charge in [-0.25, -0.2) is 0 Å². The quantitative estimate of drug-likeness (QED) is 0.603. The first kappa shape index (κ1) is 11.5. The Morgan fingerprint density at radius 3 is 2.43 bits per heavy atom. The van der Waals surface area contributed by atoms with Crippen LogP contribution in [0.2, 0.25) is 0 Å². The van der Waals surface area contributed by atoms with Gasteiger partial charge in [0.1, 0.15) is 0 Å². The molecule has 14 heavy (non-hydrogen) atoms. The maximum Gasteiger partial charge on any atom is 0.226 e. The first-order chi connectivity index (χ1) is 6.39. The molecule has 0 radical (unpaired) electrons. The summed E-state index contributed by atoms with van der Waals surface area (Å²) in [6.45, 7) is 5.01. The maximum absolute atomic E-state index is 11.6. The molecule has 0 aliphatic carbocycles. The Morgan fingerprint density at radius 1 is 1.50 bits per heavy atom. The summed E-state index contributed by atoms with van der Waals surface area (Å²) in [5, 5.41) is 22.1. The van der Waals surface area contributed by atoms with Crippen molar-refractivity contribution in [1.29, 1.82) is 0 Å². The Balaban J connectivity index is 2.95. The number of carbonyl (C=O) groups is 1. The van der Waals surface area contributed by atoms with Crippen LogP contribution in [-0.2, 0) is 4.79 Å². The van der Waals surface area contributed by atoms with Gasteiger partial charge in [-0.3, -0.25) is 4.79 Å². The van der Waals surface area contributed by atoms with Crippen molar-refractivity contribution in [2.24, 2.45) is 5.92 Å². The highest BCUT2D eigenvalue weighted by Gasteiger charge is 2.57. The van der Waals surface area contributed by atoms with Gasteiger partial charge in [-0.1, -0.05) is 13.3 Å². The second-order valence-electron chi connectivity index (χ2n) is 4.47. The summed E-state index contributed by atoms with van der Waals surface area (Å²) in [5.74, 6) is -0.571. The molecule has 0 aromatic rings. The molecule has 0 saturated carbocycles. The minimum Gasteiger partial charge on any atom is -0.394 e. The van der Waals surface area contributed by atoms with Crippen LogP contribution in [-0.4, -0.2) is 33.9 Å². The van der Waals surface area contributed by atoms with Crippen LogP contribution in [0.1, 0.15) is 33.6 Å². The fourth-order valence-electron chi connectivity index (χ4n) is 2.03. The molecule has 0 aromatic heterocycles. The van der Waals surface area contributed by atoms with Crippen molar-refractivity contribution in [1.82, 2.24) is 5.32 Å². The second-order valence-corrected chi connectivity index (χ2v) is 4.47. The van der Waals surface area contributed by atoms with Gasteiger partial charge in [0.25, 0.3) is 0 Å². The van der Waals surface area contributed by atoms with Gasteiger partial charge in [0.15, 0.2) is 0 Å². The van der Waals surface area contributed by atoms with Gasteiger partial charge in [0.05, 0.1) is 23.7 Å². The predicted octanol–water partition coefficient (Wildman–Crippen LogP) is 0.0345. The molecular weight excluding hydrogens is 182 g/mol. The SMILES string of the molecule is CCC[C@H]1C(=O)N[C@](C)(CO)[C@@]1(C)O. The van der Waals surface area contributed by atoms with E-state index in [9.17, 15) is 15.0 Å². The summed E-state index contributed by atoms with van der Waals surface area (Å²) in [6.07, 6.45) is 1.49. The Labute approximate surface area is 84.3 Å². The lowest BCUT2D eigenvalue weighted by Crippen LogP contribution is -2.57. The van der Waals surface area contributed by atoms with Crippen LogP contribution in [0, 0.1) is 5.92 Å². The monoisotopic (exact) mass is 201 g/mol. The van der Waals surface area contributed by atoms with Crippen molar-refractivity contribution in [3.63, 3.8) is 0 Å². The largest absolute Gasteiger partial charge is 0.394 e. The van der Waals surface area contributed by atoms with Gasteiger partial charge in [0.2, 0.25) is 5.91 Å². The number of carbonyl (C=O) groups excluding carboxylic acids is 1. The molecular formula is C10H19NO3. The summed E-state index contributed by atoms with van der Waals surface area (Å²) in [5.41, 5.74) is -2.08. The number of nitrogens with one attached hydrogen (secondary N) is 1. The van der Waals surface area contributed by atoms with Gasteiger partial charge in [-0.15, -0.1) is 0 Å². The molecule has 1 heterocycles. The third-order valence-corrected chi connectivity index (χ3v) is 3.40. The fraction of sp³-hybridized carbons (Fsp3) is 0.900. The Bertz CT molecular complexity index is 240. The van der Waals surface area contributed by atoms with Gasteiger partial charge in [0, 0.05) is 0 Å². The molecule has 4 heteroatoms. The lowest BCUT2D eigenvalue weighted by molar-refractivity contribution is -0.125. The highest BCUT2D eigenvalue weighted by Crippen LogP contribution is 2.38. The first-order valence-electron chi connectivity index (χ1n) is 5.04. The summed E-state index contributed by atoms with van der Waals surface area (Å²) < 4.78 is 0. The first-order valence-corrected chi connectivity index (χ1v) is 5.04. The Morgan fingerprint density at radius 2 is 2.07 bits per heavy atom. The molecule has 0 spiro atoms. The van der Waals surface area contributed by atoms with E-state index in [-0.39, 0.29) is 12.5 Å². The summed E-state index contributed by atoms with van der Waals surface area (Å²) >= 11 is 0. The second kappa shape index (κ2) is 3.51. The molecule has 1 fully saturated rings. The number of amides is 1. The van der Waals surface area contributed by atoms with Crippen molar-refractivity contribution in [2.45, 2.75) is 44.8 Å². The molecule has 1 saturated heterocycles. The fourth-order valence-corrected chi connectivity index (χ4v) is 2.03. The van der Waals surface area contributed by atoms with E-state index < -0.39 is 17.1 Å². The van der Waals surface area contributed by atoms with Crippen molar-refractivity contribution >= 4 is 5.91 Å². The van der Waals surface area contributed by atoms with Gasteiger partial charge < -0.3 is 15.5 Å². The number of aliphatic hydroxyl groups excluding tert-OH is 1. The molecule has 3 N–H and O–H groups in total. The minimum atomic E-state index is -1.17. The third kappa shape index (κ3) is 1.42. The van der Waals surface area contributed by atoms with Crippen molar-refractivity contribution in [3.8, 4) is 0 Å². The number of hydrogen-bond acceptors (Lipinski definition) is 3. The van der Waals surface area contributed by atoms with E-state index >= 15 is 0 Å². The van der Waals surface area contributed by atoms with E-state index in [2.05, 4.69) is 5.32 Å². The van der Waals surface area contributed by atoms with Gasteiger partial charge >= 0.3 is 0 Å². The molecule has 1 aliphatic heterocycles. The van der Waals surface area contributed by atoms with Gasteiger partial charge in [-0.05, 0) is 20.3 Å². The normalized spacial score (nSPS) is 42.6. The van der Waals surface area contributed by atoms with E-state index in [1.165, 1.54) is 0 Å². The van der Waals surface area contributed by atoms with E-state index in [0.717, 1.165) is 6.42 Å². The van der Waals surface area contributed by atoms with Crippen LogP contribution in [0.3, 0.4) is 0 Å². The minimum absolute atomic E-state index is 0.159. The molecule has 82 valence electrons. The molecule has 0 unspecified atom stereocenters. The topological polar surface area (TPSA) is 69.6 Å². The number of aliphatic hydroxyl groups is 2. The molecule has 1 amide bonds. The van der Waals surface area contributed by atoms with Crippen molar-refractivity contribution in [2.75, 3.05) is 6.61 Å². The van der Waals surface area contributed by atoms with E-state index in [4.69, 9.17) is 0 Å². The average Bonchev–Trinajstić information content (AvgIpc) is 2.27. The van der Waals surface area contributed by atoms with E-state index in [1.807, 2.05) is 6.92 Å². The summed E-state index contributed by atoms with van der Waals surface area (Å²) in [6, 6.07) is 0. The van der Waals surface area contributed by atoms with E-state index in [0.29, 0.717) is 6.42 Å². The summed E-state index contributed by atoms with van der Waals surface area (Å²) in [7, 11) is 0. The molecule has 0 aromatic carbocycles.